The molecular weight excluding hydrogens is 254 g/mol. The summed E-state index contributed by atoms with van der Waals surface area (Å²) in [5.41, 5.74) is 0. The van der Waals surface area contributed by atoms with E-state index in [1.165, 1.54) is 12.8 Å². The van der Waals surface area contributed by atoms with Crippen LogP contribution in [0.5, 0.6) is 11.5 Å². The number of para-hydroxylation sites is 2. The second kappa shape index (κ2) is 6.46. The molecule has 0 spiro atoms. The molecule has 1 N–H and O–H groups in total. The molecule has 0 aromatic heterocycles. The lowest BCUT2D eigenvalue weighted by Crippen LogP contribution is -2.44. The standard InChI is InChI=1S/C16H23NO3/c1-18-13-8-6-12(7-9-13)17-10-14-11-19-15-4-2-3-5-16(15)20-14/h2-5,12-14,17H,6-11H2,1H3/t12?,13?,14-/m1/s1. The van der Waals surface area contributed by atoms with Crippen LogP contribution in [0.1, 0.15) is 25.7 Å². The smallest absolute Gasteiger partial charge is 0.161 e. The molecule has 1 aromatic rings. The zero-order valence-electron chi connectivity index (χ0n) is 12.0. The van der Waals surface area contributed by atoms with Gasteiger partial charge in [0, 0.05) is 19.7 Å². The van der Waals surface area contributed by atoms with E-state index in [-0.39, 0.29) is 6.10 Å². The number of methoxy groups -OCH3 is 1. The second-order valence-corrected chi connectivity index (χ2v) is 5.62. The first-order valence-corrected chi connectivity index (χ1v) is 7.50. The fourth-order valence-electron chi connectivity index (χ4n) is 2.96. The second-order valence-electron chi connectivity index (χ2n) is 5.62. The van der Waals surface area contributed by atoms with Crippen molar-refractivity contribution in [1.29, 1.82) is 0 Å². The van der Waals surface area contributed by atoms with Crippen LogP contribution >= 0.6 is 0 Å². The topological polar surface area (TPSA) is 39.7 Å². The van der Waals surface area contributed by atoms with Crippen molar-refractivity contribution in [3.05, 3.63) is 24.3 Å². The molecule has 20 heavy (non-hydrogen) atoms. The lowest BCUT2D eigenvalue weighted by atomic mass is 9.93. The molecule has 0 amide bonds. The Morgan fingerprint density at radius 2 is 1.90 bits per heavy atom. The quantitative estimate of drug-likeness (QED) is 0.917. The van der Waals surface area contributed by atoms with Gasteiger partial charge >= 0.3 is 0 Å². The van der Waals surface area contributed by atoms with Crippen molar-refractivity contribution in [3.63, 3.8) is 0 Å². The average molecular weight is 277 g/mol. The third-order valence-electron chi connectivity index (χ3n) is 4.21. The summed E-state index contributed by atoms with van der Waals surface area (Å²) in [5, 5.41) is 3.61. The van der Waals surface area contributed by atoms with Crippen LogP contribution in [0.25, 0.3) is 0 Å². The number of rotatable bonds is 4. The van der Waals surface area contributed by atoms with Gasteiger partial charge in [0.2, 0.25) is 0 Å². The largest absolute Gasteiger partial charge is 0.486 e. The van der Waals surface area contributed by atoms with Crippen LogP contribution in [0.4, 0.5) is 0 Å². The maximum absolute atomic E-state index is 5.95. The number of nitrogens with one attached hydrogen (secondary N) is 1. The minimum absolute atomic E-state index is 0.102. The van der Waals surface area contributed by atoms with Crippen LogP contribution in [0.2, 0.25) is 0 Å². The molecule has 0 unspecified atom stereocenters. The summed E-state index contributed by atoms with van der Waals surface area (Å²) in [6, 6.07) is 8.44. The minimum Gasteiger partial charge on any atom is -0.486 e. The van der Waals surface area contributed by atoms with Gasteiger partial charge in [0.1, 0.15) is 12.7 Å². The average Bonchev–Trinajstić information content (AvgIpc) is 2.53. The third kappa shape index (κ3) is 3.25. The Kier molecular flexibility index (Phi) is 4.43. The summed E-state index contributed by atoms with van der Waals surface area (Å²) in [6.07, 6.45) is 5.22. The molecule has 1 atom stereocenters. The van der Waals surface area contributed by atoms with Gasteiger partial charge in [-0.15, -0.1) is 0 Å². The Hall–Kier alpha value is -1.26. The maximum Gasteiger partial charge on any atom is 0.161 e. The van der Waals surface area contributed by atoms with Crippen molar-refractivity contribution in [2.45, 2.75) is 43.9 Å². The summed E-state index contributed by atoms with van der Waals surface area (Å²) < 4.78 is 17.1. The first kappa shape index (κ1) is 13.7. The SMILES string of the molecule is COC1CCC(NC[C@@H]2COc3ccccc3O2)CC1. The molecule has 0 saturated heterocycles. The third-order valence-corrected chi connectivity index (χ3v) is 4.21. The molecule has 1 heterocycles. The molecule has 4 nitrogen and oxygen atoms in total. The molecule has 0 bridgehead atoms. The normalized spacial score (nSPS) is 29.1. The molecule has 110 valence electrons. The van der Waals surface area contributed by atoms with Gasteiger partial charge in [-0.05, 0) is 37.8 Å². The molecule has 0 radical (unpaired) electrons. The van der Waals surface area contributed by atoms with Crippen LogP contribution in [-0.2, 0) is 4.74 Å². The predicted octanol–water partition coefficient (Wildman–Crippen LogP) is 2.37. The van der Waals surface area contributed by atoms with E-state index in [1.54, 1.807) is 0 Å². The molecule has 2 aliphatic rings. The Bertz CT molecular complexity index is 429. The van der Waals surface area contributed by atoms with E-state index in [0.29, 0.717) is 18.8 Å². The van der Waals surface area contributed by atoms with E-state index in [9.17, 15) is 0 Å². The summed E-state index contributed by atoms with van der Waals surface area (Å²) in [4.78, 5) is 0. The summed E-state index contributed by atoms with van der Waals surface area (Å²) in [7, 11) is 1.81. The van der Waals surface area contributed by atoms with E-state index in [0.717, 1.165) is 30.9 Å². The number of hydrogen-bond acceptors (Lipinski definition) is 4. The van der Waals surface area contributed by atoms with E-state index in [1.807, 2.05) is 31.4 Å². The van der Waals surface area contributed by atoms with Gasteiger partial charge in [-0.1, -0.05) is 12.1 Å². The highest BCUT2D eigenvalue weighted by Crippen LogP contribution is 2.30. The predicted molar refractivity (Wildman–Crippen MR) is 77.4 cm³/mol. The first-order valence-electron chi connectivity index (χ1n) is 7.50. The highest BCUT2D eigenvalue weighted by molar-refractivity contribution is 5.40. The van der Waals surface area contributed by atoms with Gasteiger partial charge in [0.05, 0.1) is 6.10 Å². The fraction of sp³-hybridized carbons (Fsp3) is 0.625. The highest BCUT2D eigenvalue weighted by atomic mass is 16.6. The van der Waals surface area contributed by atoms with Gasteiger partial charge in [-0.3, -0.25) is 0 Å². The van der Waals surface area contributed by atoms with Gasteiger partial charge in [-0.25, -0.2) is 0 Å². The maximum atomic E-state index is 5.95. The Labute approximate surface area is 120 Å². The number of fused-ring (bicyclic) bond motifs is 1. The zero-order valence-corrected chi connectivity index (χ0v) is 12.0. The van der Waals surface area contributed by atoms with Crippen molar-refractivity contribution in [3.8, 4) is 11.5 Å². The molecule has 1 aromatic carbocycles. The van der Waals surface area contributed by atoms with Gasteiger partial charge in [-0.2, -0.15) is 0 Å². The van der Waals surface area contributed by atoms with Crippen molar-refractivity contribution in [2.75, 3.05) is 20.3 Å². The zero-order chi connectivity index (χ0) is 13.8. The molecule has 4 heteroatoms. The van der Waals surface area contributed by atoms with E-state index in [2.05, 4.69) is 5.32 Å². The van der Waals surface area contributed by atoms with Gasteiger partial charge in [0.15, 0.2) is 11.5 Å². The molecule has 1 saturated carbocycles. The molecule has 3 rings (SSSR count). The first-order chi connectivity index (χ1) is 9.85. The van der Waals surface area contributed by atoms with Crippen molar-refractivity contribution in [1.82, 2.24) is 5.32 Å². The lowest BCUT2D eigenvalue weighted by molar-refractivity contribution is 0.0562. The van der Waals surface area contributed by atoms with E-state index in [4.69, 9.17) is 14.2 Å². The Morgan fingerprint density at radius 1 is 1.15 bits per heavy atom. The van der Waals surface area contributed by atoms with Crippen LogP contribution in [0.15, 0.2) is 24.3 Å². The number of benzene rings is 1. The summed E-state index contributed by atoms with van der Waals surface area (Å²) >= 11 is 0. The highest BCUT2D eigenvalue weighted by Gasteiger charge is 2.24. The lowest BCUT2D eigenvalue weighted by Gasteiger charge is -2.31. The monoisotopic (exact) mass is 277 g/mol. The molecule has 1 fully saturated rings. The van der Waals surface area contributed by atoms with Crippen LogP contribution in [0.3, 0.4) is 0 Å². The van der Waals surface area contributed by atoms with Gasteiger partial charge < -0.3 is 19.5 Å². The Morgan fingerprint density at radius 3 is 2.65 bits per heavy atom. The molecule has 1 aliphatic carbocycles. The van der Waals surface area contributed by atoms with Crippen LogP contribution in [0, 0.1) is 0 Å². The van der Waals surface area contributed by atoms with Crippen molar-refractivity contribution < 1.29 is 14.2 Å². The number of ether oxygens (including phenoxy) is 3. The van der Waals surface area contributed by atoms with Crippen LogP contribution < -0.4 is 14.8 Å². The summed E-state index contributed by atoms with van der Waals surface area (Å²) in [5.74, 6) is 1.71. The summed E-state index contributed by atoms with van der Waals surface area (Å²) in [6.45, 7) is 1.47. The molecule has 1 aliphatic heterocycles. The fourth-order valence-corrected chi connectivity index (χ4v) is 2.96. The van der Waals surface area contributed by atoms with Crippen molar-refractivity contribution >= 4 is 0 Å². The van der Waals surface area contributed by atoms with Crippen molar-refractivity contribution in [2.24, 2.45) is 0 Å². The van der Waals surface area contributed by atoms with E-state index < -0.39 is 0 Å². The van der Waals surface area contributed by atoms with Crippen LogP contribution in [-0.4, -0.2) is 38.5 Å². The molecular formula is C16H23NO3. The van der Waals surface area contributed by atoms with Gasteiger partial charge in [0.25, 0.3) is 0 Å². The number of hydrogen-bond donors (Lipinski definition) is 1. The minimum atomic E-state index is 0.102. The van der Waals surface area contributed by atoms with E-state index >= 15 is 0 Å². The Balaban J connectivity index is 1.44.